The van der Waals surface area contributed by atoms with Crippen LogP contribution in [0.25, 0.3) is 0 Å². The number of rotatable bonds is 5. The fourth-order valence-electron chi connectivity index (χ4n) is 2.92. The van der Waals surface area contributed by atoms with E-state index in [0.29, 0.717) is 17.2 Å². The number of methoxy groups -OCH3 is 3. The lowest BCUT2D eigenvalue weighted by Gasteiger charge is -2.19. The Morgan fingerprint density at radius 1 is 1.04 bits per heavy atom. The van der Waals surface area contributed by atoms with Gasteiger partial charge in [0.05, 0.1) is 32.7 Å². The molecule has 5 heteroatoms. The third-order valence-electron chi connectivity index (χ3n) is 4.09. The highest BCUT2D eigenvalue weighted by molar-refractivity contribution is 5.86. The Morgan fingerprint density at radius 2 is 1.79 bits per heavy atom. The summed E-state index contributed by atoms with van der Waals surface area (Å²) in [6.07, 6.45) is 4.07. The van der Waals surface area contributed by atoms with E-state index in [9.17, 15) is 0 Å². The standard InChI is InChI=1S/C19H22N2O3/c1-22-16-10-13(11-17(23-2)19(16)24-3)12-21-15-8-4-6-14-7-5-9-20-18(14)15/h4,6,8,10-12,20H,5,7,9H2,1-3H3. The zero-order valence-corrected chi connectivity index (χ0v) is 14.3. The van der Waals surface area contributed by atoms with E-state index in [1.165, 1.54) is 5.56 Å². The molecule has 0 saturated carbocycles. The number of nitrogens with one attached hydrogen (secondary N) is 1. The number of ether oxygens (including phenoxy) is 3. The van der Waals surface area contributed by atoms with Crippen molar-refractivity contribution < 1.29 is 14.2 Å². The van der Waals surface area contributed by atoms with Crippen molar-refractivity contribution in [2.75, 3.05) is 33.2 Å². The van der Waals surface area contributed by atoms with Gasteiger partial charge in [-0.25, -0.2) is 0 Å². The van der Waals surface area contributed by atoms with Crippen molar-refractivity contribution in [3.05, 3.63) is 41.5 Å². The van der Waals surface area contributed by atoms with Gasteiger partial charge in [0.25, 0.3) is 0 Å². The third-order valence-corrected chi connectivity index (χ3v) is 4.09. The molecule has 2 aromatic rings. The Kier molecular flexibility index (Phi) is 4.89. The molecule has 2 aromatic carbocycles. The van der Waals surface area contributed by atoms with E-state index in [-0.39, 0.29) is 0 Å². The van der Waals surface area contributed by atoms with Crippen molar-refractivity contribution in [3.63, 3.8) is 0 Å². The maximum absolute atomic E-state index is 5.38. The van der Waals surface area contributed by atoms with Crippen molar-refractivity contribution in [1.82, 2.24) is 0 Å². The summed E-state index contributed by atoms with van der Waals surface area (Å²) < 4.78 is 16.1. The van der Waals surface area contributed by atoms with Crippen molar-refractivity contribution in [2.24, 2.45) is 4.99 Å². The highest BCUT2D eigenvalue weighted by atomic mass is 16.5. The van der Waals surface area contributed by atoms with Gasteiger partial charge < -0.3 is 19.5 Å². The summed E-state index contributed by atoms with van der Waals surface area (Å²) in [6.45, 7) is 0.990. The van der Waals surface area contributed by atoms with Gasteiger partial charge >= 0.3 is 0 Å². The number of hydrogen-bond donors (Lipinski definition) is 1. The molecule has 1 aliphatic heterocycles. The topological polar surface area (TPSA) is 52.1 Å². The van der Waals surface area contributed by atoms with E-state index >= 15 is 0 Å². The number of aryl methyl sites for hydroxylation is 1. The zero-order chi connectivity index (χ0) is 16.9. The number of nitrogens with zero attached hydrogens (tertiary/aromatic N) is 1. The Morgan fingerprint density at radius 3 is 2.46 bits per heavy atom. The van der Waals surface area contributed by atoms with Crippen LogP contribution in [0.1, 0.15) is 17.5 Å². The zero-order valence-electron chi connectivity index (χ0n) is 14.3. The molecule has 0 bridgehead atoms. The lowest BCUT2D eigenvalue weighted by atomic mass is 10.0. The molecule has 0 saturated heterocycles. The van der Waals surface area contributed by atoms with Crippen LogP contribution in [0.15, 0.2) is 35.3 Å². The normalized spacial score (nSPS) is 13.3. The fourth-order valence-corrected chi connectivity index (χ4v) is 2.92. The molecule has 5 nitrogen and oxygen atoms in total. The van der Waals surface area contributed by atoms with Crippen LogP contribution in [0.5, 0.6) is 17.2 Å². The minimum absolute atomic E-state index is 0.580. The van der Waals surface area contributed by atoms with Crippen LogP contribution in [0, 0.1) is 0 Å². The highest BCUT2D eigenvalue weighted by Gasteiger charge is 2.13. The average molecular weight is 326 g/mol. The van der Waals surface area contributed by atoms with E-state index in [1.54, 1.807) is 21.3 Å². The average Bonchev–Trinajstić information content (AvgIpc) is 2.65. The van der Waals surface area contributed by atoms with Gasteiger partial charge in [0.15, 0.2) is 11.5 Å². The predicted octanol–water partition coefficient (Wildman–Crippen LogP) is 3.82. The van der Waals surface area contributed by atoms with Crippen molar-refractivity contribution in [1.29, 1.82) is 0 Å². The molecular formula is C19H22N2O3. The lowest BCUT2D eigenvalue weighted by molar-refractivity contribution is 0.324. The maximum atomic E-state index is 5.38. The van der Waals surface area contributed by atoms with Crippen molar-refractivity contribution in [3.8, 4) is 17.2 Å². The molecule has 126 valence electrons. The largest absolute Gasteiger partial charge is 0.493 e. The van der Waals surface area contributed by atoms with Crippen LogP contribution in [0.4, 0.5) is 11.4 Å². The van der Waals surface area contributed by atoms with Crippen molar-refractivity contribution >= 4 is 17.6 Å². The first-order valence-corrected chi connectivity index (χ1v) is 7.96. The summed E-state index contributed by atoms with van der Waals surface area (Å²) in [4.78, 5) is 4.66. The Bertz CT molecular complexity index is 731. The number of benzene rings is 2. The molecule has 0 radical (unpaired) electrons. The molecule has 0 fully saturated rings. The summed E-state index contributed by atoms with van der Waals surface area (Å²) in [7, 11) is 4.81. The van der Waals surface area contributed by atoms with Gasteiger partial charge in [-0.3, -0.25) is 4.99 Å². The van der Waals surface area contributed by atoms with Crippen LogP contribution in [-0.4, -0.2) is 34.1 Å². The van der Waals surface area contributed by atoms with Gasteiger partial charge in [-0.15, -0.1) is 0 Å². The Labute approximate surface area is 142 Å². The van der Waals surface area contributed by atoms with Gasteiger partial charge in [0, 0.05) is 18.3 Å². The smallest absolute Gasteiger partial charge is 0.203 e. The number of hydrogen-bond acceptors (Lipinski definition) is 5. The first-order chi connectivity index (χ1) is 11.8. The Balaban J connectivity index is 1.95. The van der Waals surface area contributed by atoms with E-state index in [4.69, 9.17) is 14.2 Å². The molecule has 0 unspecified atom stereocenters. The van der Waals surface area contributed by atoms with E-state index in [2.05, 4.69) is 16.4 Å². The second kappa shape index (κ2) is 7.25. The molecule has 0 atom stereocenters. The minimum Gasteiger partial charge on any atom is -0.493 e. The molecule has 0 aliphatic carbocycles. The highest BCUT2D eigenvalue weighted by Crippen LogP contribution is 2.38. The molecule has 1 heterocycles. The molecule has 1 aliphatic rings. The van der Waals surface area contributed by atoms with Gasteiger partial charge in [-0.05, 0) is 36.6 Å². The quantitative estimate of drug-likeness (QED) is 0.849. The third kappa shape index (κ3) is 3.15. The summed E-state index contributed by atoms with van der Waals surface area (Å²) in [5.74, 6) is 1.81. The monoisotopic (exact) mass is 326 g/mol. The first kappa shape index (κ1) is 16.2. The van der Waals surface area contributed by atoms with Crippen LogP contribution in [0.2, 0.25) is 0 Å². The number of anilines is 1. The summed E-state index contributed by atoms with van der Waals surface area (Å²) in [5.41, 5.74) is 4.28. The minimum atomic E-state index is 0.580. The summed E-state index contributed by atoms with van der Waals surface area (Å²) in [6, 6.07) is 9.99. The molecular weight excluding hydrogens is 304 g/mol. The molecule has 1 N–H and O–H groups in total. The SMILES string of the molecule is COc1cc(C=Nc2cccc3c2NCCC3)cc(OC)c1OC. The van der Waals surface area contributed by atoms with Gasteiger partial charge in [-0.2, -0.15) is 0 Å². The summed E-state index contributed by atoms with van der Waals surface area (Å²) >= 11 is 0. The van der Waals surface area contributed by atoms with Crippen LogP contribution < -0.4 is 19.5 Å². The molecule has 0 aromatic heterocycles. The van der Waals surface area contributed by atoms with E-state index in [1.807, 2.05) is 30.5 Å². The maximum Gasteiger partial charge on any atom is 0.203 e. The summed E-state index contributed by atoms with van der Waals surface area (Å²) in [5, 5.41) is 3.45. The first-order valence-electron chi connectivity index (χ1n) is 7.96. The fraction of sp³-hybridized carbons (Fsp3) is 0.316. The van der Waals surface area contributed by atoms with E-state index < -0.39 is 0 Å². The van der Waals surface area contributed by atoms with Crippen molar-refractivity contribution in [2.45, 2.75) is 12.8 Å². The number of para-hydroxylation sites is 1. The van der Waals surface area contributed by atoms with Gasteiger partial charge in [0.1, 0.15) is 0 Å². The number of aliphatic imine (C=N–C) groups is 1. The second-order valence-corrected chi connectivity index (χ2v) is 5.56. The predicted molar refractivity (Wildman–Crippen MR) is 96.6 cm³/mol. The van der Waals surface area contributed by atoms with Crippen LogP contribution in [0.3, 0.4) is 0 Å². The van der Waals surface area contributed by atoms with Crippen LogP contribution >= 0.6 is 0 Å². The number of fused-ring (bicyclic) bond motifs is 1. The molecule has 0 amide bonds. The van der Waals surface area contributed by atoms with Crippen LogP contribution in [-0.2, 0) is 6.42 Å². The molecule has 0 spiro atoms. The molecule has 3 rings (SSSR count). The van der Waals surface area contributed by atoms with Gasteiger partial charge in [0.2, 0.25) is 5.75 Å². The Hall–Kier alpha value is -2.69. The lowest BCUT2D eigenvalue weighted by Crippen LogP contribution is -2.11. The second-order valence-electron chi connectivity index (χ2n) is 5.56. The van der Waals surface area contributed by atoms with E-state index in [0.717, 1.165) is 36.3 Å². The molecule has 24 heavy (non-hydrogen) atoms. The van der Waals surface area contributed by atoms with Gasteiger partial charge in [-0.1, -0.05) is 12.1 Å².